The predicted molar refractivity (Wildman–Crippen MR) is 118 cm³/mol. The number of nitrogens with zero attached hydrogens (tertiary/aromatic N) is 2. The van der Waals surface area contributed by atoms with E-state index in [1.807, 2.05) is 30.5 Å². The van der Waals surface area contributed by atoms with Crippen LogP contribution >= 0.6 is 11.3 Å². The van der Waals surface area contributed by atoms with E-state index in [0.717, 1.165) is 35.3 Å². The monoisotopic (exact) mass is 433 g/mol. The van der Waals surface area contributed by atoms with Gasteiger partial charge in [0, 0.05) is 23.4 Å². The van der Waals surface area contributed by atoms with Crippen LogP contribution in [0.25, 0.3) is 11.3 Å². The van der Waals surface area contributed by atoms with Gasteiger partial charge in [-0.3, -0.25) is 9.10 Å². The van der Waals surface area contributed by atoms with Crippen LogP contribution in [0.4, 0.5) is 10.8 Å². The molecule has 1 saturated carbocycles. The van der Waals surface area contributed by atoms with E-state index in [4.69, 9.17) is 0 Å². The molecule has 1 fully saturated rings. The maximum atomic E-state index is 12.3. The number of sulfonamides is 1. The van der Waals surface area contributed by atoms with Crippen LogP contribution in [0.15, 0.2) is 23.6 Å². The number of rotatable bonds is 5. The van der Waals surface area contributed by atoms with E-state index in [-0.39, 0.29) is 11.9 Å². The standard InChI is InChI=1S/C21H27N3O3S2/c1-14-10-17-12-16(8-9-19(17)24(14)29(2,26)27)18-13-28-21(22-18)23-20(25)11-15-6-4-3-5-7-15/h8-9,12-15H,3-7,10-11H2,1-2H3,(H,22,23,25). The van der Waals surface area contributed by atoms with Gasteiger partial charge in [0.1, 0.15) is 0 Å². The second-order valence-corrected chi connectivity index (χ2v) is 11.0. The molecule has 0 spiro atoms. The van der Waals surface area contributed by atoms with Gasteiger partial charge in [-0.15, -0.1) is 11.3 Å². The van der Waals surface area contributed by atoms with Gasteiger partial charge in [0.25, 0.3) is 0 Å². The summed E-state index contributed by atoms with van der Waals surface area (Å²) in [6, 6.07) is 5.69. The second-order valence-electron chi connectivity index (χ2n) is 8.25. The summed E-state index contributed by atoms with van der Waals surface area (Å²) >= 11 is 1.42. The molecule has 4 rings (SSSR count). The van der Waals surface area contributed by atoms with Crippen LogP contribution in [0, 0.1) is 5.92 Å². The first-order chi connectivity index (χ1) is 13.8. The van der Waals surface area contributed by atoms with Gasteiger partial charge < -0.3 is 5.32 Å². The SMILES string of the molecule is CC1Cc2cc(-c3csc(NC(=O)CC4CCCCC4)n3)ccc2N1S(C)(=O)=O. The Morgan fingerprint density at radius 2 is 2.03 bits per heavy atom. The summed E-state index contributed by atoms with van der Waals surface area (Å²) in [5, 5.41) is 5.50. The maximum absolute atomic E-state index is 12.3. The molecule has 0 bridgehead atoms. The van der Waals surface area contributed by atoms with Crippen LogP contribution in [-0.4, -0.2) is 31.6 Å². The smallest absolute Gasteiger partial charge is 0.232 e. The molecular formula is C21H27N3O3S2. The molecule has 156 valence electrons. The fourth-order valence-electron chi connectivity index (χ4n) is 4.55. The van der Waals surface area contributed by atoms with Crippen molar-refractivity contribution in [3.8, 4) is 11.3 Å². The summed E-state index contributed by atoms with van der Waals surface area (Å²) in [5.41, 5.74) is 3.50. The van der Waals surface area contributed by atoms with E-state index >= 15 is 0 Å². The molecule has 1 aromatic heterocycles. The third kappa shape index (κ3) is 4.48. The van der Waals surface area contributed by atoms with E-state index in [2.05, 4.69) is 10.3 Å². The van der Waals surface area contributed by atoms with Crippen LogP contribution in [-0.2, 0) is 21.2 Å². The topological polar surface area (TPSA) is 79.4 Å². The molecule has 0 radical (unpaired) electrons. The van der Waals surface area contributed by atoms with E-state index in [0.29, 0.717) is 23.9 Å². The molecule has 2 heterocycles. The number of anilines is 2. The Bertz CT molecular complexity index is 1010. The Hall–Kier alpha value is -1.93. The Morgan fingerprint density at radius 3 is 2.76 bits per heavy atom. The number of fused-ring (bicyclic) bond motifs is 1. The second kappa shape index (κ2) is 8.07. The van der Waals surface area contributed by atoms with Gasteiger partial charge in [-0.2, -0.15) is 0 Å². The highest BCUT2D eigenvalue weighted by Crippen LogP contribution is 2.37. The van der Waals surface area contributed by atoms with Crippen LogP contribution in [0.3, 0.4) is 0 Å². The van der Waals surface area contributed by atoms with Gasteiger partial charge >= 0.3 is 0 Å². The first-order valence-corrected chi connectivity index (χ1v) is 12.9. The van der Waals surface area contributed by atoms with Crippen molar-refractivity contribution in [1.82, 2.24) is 4.98 Å². The summed E-state index contributed by atoms with van der Waals surface area (Å²) < 4.78 is 25.7. The van der Waals surface area contributed by atoms with E-state index < -0.39 is 10.0 Å². The van der Waals surface area contributed by atoms with Gasteiger partial charge in [0.05, 0.1) is 17.6 Å². The Labute approximate surface area is 176 Å². The summed E-state index contributed by atoms with van der Waals surface area (Å²) in [4.78, 5) is 16.9. The zero-order valence-electron chi connectivity index (χ0n) is 16.8. The highest BCUT2D eigenvalue weighted by atomic mass is 32.2. The van der Waals surface area contributed by atoms with Crippen molar-refractivity contribution in [3.05, 3.63) is 29.1 Å². The number of carbonyl (C=O) groups excluding carboxylic acids is 1. The van der Waals surface area contributed by atoms with Crippen molar-refractivity contribution in [1.29, 1.82) is 0 Å². The highest BCUT2D eigenvalue weighted by molar-refractivity contribution is 7.92. The Balaban J connectivity index is 1.46. The molecule has 2 aliphatic rings. The summed E-state index contributed by atoms with van der Waals surface area (Å²) in [7, 11) is -3.29. The van der Waals surface area contributed by atoms with Crippen LogP contribution in [0.2, 0.25) is 0 Å². The molecule has 29 heavy (non-hydrogen) atoms. The molecule has 1 aliphatic heterocycles. The molecular weight excluding hydrogens is 406 g/mol. The van der Waals surface area contributed by atoms with Gasteiger partial charge in [0.15, 0.2) is 5.13 Å². The molecule has 1 atom stereocenters. The minimum absolute atomic E-state index is 0.0457. The largest absolute Gasteiger partial charge is 0.302 e. The minimum atomic E-state index is -3.29. The van der Waals surface area contributed by atoms with E-state index in [9.17, 15) is 13.2 Å². The summed E-state index contributed by atoms with van der Waals surface area (Å²) in [6.45, 7) is 1.92. The van der Waals surface area contributed by atoms with Crippen molar-refractivity contribution in [2.45, 2.75) is 57.9 Å². The lowest BCUT2D eigenvalue weighted by Gasteiger charge is -2.21. The molecule has 1 unspecified atom stereocenters. The average Bonchev–Trinajstić information content (AvgIpc) is 3.24. The van der Waals surface area contributed by atoms with Gasteiger partial charge in [-0.1, -0.05) is 25.3 Å². The van der Waals surface area contributed by atoms with Crippen molar-refractivity contribution in [3.63, 3.8) is 0 Å². The molecule has 1 aromatic carbocycles. The number of hydrogen-bond acceptors (Lipinski definition) is 5. The molecule has 1 N–H and O–H groups in total. The number of nitrogens with one attached hydrogen (secondary N) is 1. The van der Waals surface area contributed by atoms with Crippen LogP contribution in [0.1, 0.15) is 51.0 Å². The van der Waals surface area contributed by atoms with E-state index in [1.54, 1.807) is 0 Å². The summed E-state index contributed by atoms with van der Waals surface area (Å²) in [5.74, 6) is 0.545. The van der Waals surface area contributed by atoms with Gasteiger partial charge in [-0.25, -0.2) is 13.4 Å². The fraction of sp³-hybridized carbons (Fsp3) is 0.524. The third-order valence-corrected chi connectivity index (χ3v) is 7.86. The zero-order valence-corrected chi connectivity index (χ0v) is 18.5. The Kier molecular flexibility index (Phi) is 5.66. The van der Waals surface area contributed by atoms with Crippen molar-refractivity contribution >= 4 is 38.1 Å². The molecule has 1 amide bonds. The Morgan fingerprint density at radius 1 is 1.28 bits per heavy atom. The van der Waals surface area contributed by atoms with Gasteiger partial charge in [-0.05, 0) is 49.8 Å². The third-order valence-electron chi connectivity index (χ3n) is 5.83. The number of thiazole rings is 1. The number of carbonyl (C=O) groups is 1. The summed E-state index contributed by atoms with van der Waals surface area (Å²) in [6.07, 6.45) is 8.55. The normalized spacial score (nSPS) is 19.9. The van der Waals surface area contributed by atoms with Crippen molar-refractivity contribution in [2.75, 3.05) is 15.9 Å². The quantitative estimate of drug-likeness (QED) is 0.756. The maximum Gasteiger partial charge on any atom is 0.232 e. The average molecular weight is 434 g/mol. The lowest BCUT2D eigenvalue weighted by atomic mass is 9.87. The number of aromatic nitrogens is 1. The predicted octanol–water partition coefficient (Wildman–Crippen LogP) is 4.43. The number of hydrogen-bond donors (Lipinski definition) is 1. The number of benzene rings is 1. The highest BCUT2D eigenvalue weighted by Gasteiger charge is 2.32. The zero-order chi connectivity index (χ0) is 20.6. The van der Waals surface area contributed by atoms with Crippen molar-refractivity contribution < 1.29 is 13.2 Å². The molecule has 1 aliphatic carbocycles. The molecule has 8 heteroatoms. The number of amides is 1. The molecule has 6 nitrogen and oxygen atoms in total. The first kappa shape index (κ1) is 20.3. The first-order valence-electron chi connectivity index (χ1n) is 10.2. The molecule has 2 aromatic rings. The van der Waals surface area contributed by atoms with Crippen molar-refractivity contribution in [2.24, 2.45) is 5.92 Å². The fourth-order valence-corrected chi connectivity index (χ4v) is 6.55. The lowest BCUT2D eigenvalue weighted by molar-refractivity contribution is -0.117. The van der Waals surface area contributed by atoms with Gasteiger partial charge in [0.2, 0.25) is 15.9 Å². The van der Waals surface area contributed by atoms with Crippen LogP contribution in [0.5, 0.6) is 0 Å². The minimum Gasteiger partial charge on any atom is -0.302 e. The molecule has 0 saturated heterocycles. The lowest BCUT2D eigenvalue weighted by Crippen LogP contribution is -2.34. The van der Waals surface area contributed by atoms with E-state index in [1.165, 1.54) is 41.2 Å². The van der Waals surface area contributed by atoms with Crippen LogP contribution < -0.4 is 9.62 Å².